The summed E-state index contributed by atoms with van der Waals surface area (Å²) in [6, 6.07) is 10.5. The van der Waals surface area contributed by atoms with Crippen LogP contribution in [0.15, 0.2) is 30.3 Å². The van der Waals surface area contributed by atoms with Crippen LogP contribution in [0.2, 0.25) is 0 Å². The Bertz CT molecular complexity index is 613. The molecule has 1 aliphatic rings. The Morgan fingerprint density at radius 3 is 2.90 bits per heavy atom. The highest BCUT2D eigenvalue weighted by Gasteiger charge is 2.24. The average molecular weight is 288 g/mol. The van der Waals surface area contributed by atoms with Gasteiger partial charge in [0.1, 0.15) is 5.75 Å². The van der Waals surface area contributed by atoms with E-state index in [1.54, 1.807) is 11.3 Å². The molecule has 2 aromatic rings. The van der Waals surface area contributed by atoms with Gasteiger partial charge in [0.15, 0.2) is 0 Å². The van der Waals surface area contributed by atoms with Crippen molar-refractivity contribution in [2.45, 2.75) is 38.7 Å². The summed E-state index contributed by atoms with van der Waals surface area (Å²) in [5.74, 6) is 1.02. The number of rotatable bonds is 4. The predicted molar refractivity (Wildman–Crippen MR) is 82.6 cm³/mol. The molecule has 1 aliphatic heterocycles. The average Bonchev–Trinajstić information content (AvgIpc) is 3.04. The lowest BCUT2D eigenvalue weighted by atomic mass is 9.94. The molecule has 2 nitrogen and oxygen atoms in total. The SMILES string of the molecule is Cc1ccc(C(C)(O)CCc2ccc3c(c2)CCO3)s1. The van der Waals surface area contributed by atoms with Crippen molar-refractivity contribution in [3.05, 3.63) is 51.2 Å². The highest BCUT2D eigenvalue weighted by molar-refractivity contribution is 7.12. The highest BCUT2D eigenvalue weighted by atomic mass is 32.1. The Balaban J connectivity index is 1.69. The second-order valence-corrected chi connectivity index (χ2v) is 7.01. The first-order valence-corrected chi connectivity index (χ1v) is 7.90. The van der Waals surface area contributed by atoms with Crippen LogP contribution < -0.4 is 4.74 Å². The van der Waals surface area contributed by atoms with Crippen molar-refractivity contribution in [3.8, 4) is 5.75 Å². The maximum atomic E-state index is 10.6. The lowest BCUT2D eigenvalue weighted by molar-refractivity contribution is 0.0518. The zero-order chi connectivity index (χ0) is 14.2. The van der Waals surface area contributed by atoms with Gasteiger partial charge in [-0.05, 0) is 56.0 Å². The minimum absolute atomic E-state index is 0.742. The normalized spacial score (nSPS) is 16.6. The van der Waals surface area contributed by atoms with E-state index in [2.05, 4.69) is 31.2 Å². The van der Waals surface area contributed by atoms with E-state index in [1.165, 1.54) is 16.0 Å². The molecule has 1 aromatic heterocycles. The van der Waals surface area contributed by atoms with E-state index < -0.39 is 5.60 Å². The van der Waals surface area contributed by atoms with Crippen LogP contribution in [0, 0.1) is 6.92 Å². The van der Waals surface area contributed by atoms with Gasteiger partial charge in [-0.25, -0.2) is 0 Å². The molecule has 0 saturated heterocycles. The van der Waals surface area contributed by atoms with Gasteiger partial charge in [-0.15, -0.1) is 11.3 Å². The van der Waals surface area contributed by atoms with Crippen molar-refractivity contribution in [2.24, 2.45) is 0 Å². The third-order valence-electron chi connectivity index (χ3n) is 3.93. The van der Waals surface area contributed by atoms with Gasteiger partial charge in [0, 0.05) is 16.2 Å². The Morgan fingerprint density at radius 1 is 1.30 bits per heavy atom. The Labute approximate surface area is 124 Å². The number of ether oxygens (including phenoxy) is 1. The minimum Gasteiger partial charge on any atom is -0.493 e. The van der Waals surface area contributed by atoms with Crippen LogP contribution in [-0.4, -0.2) is 11.7 Å². The molecule has 0 fully saturated rings. The Hall–Kier alpha value is -1.32. The van der Waals surface area contributed by atoms with Crippen LogP contribution in [0.25, 0.3) is 0 Å². The summed E-state index contributed by atoms with van der Waals surface area (Å²) in [5.41, 5.74) is 1.84. The van der Waals surface area contributed by atoms with Crippen molar-refractivity contribution in [1.29, 1.82) is 0 Å². The molecule has 0 bridgehead atoms. The predicted octanol–water partition coefficient (Wildman–Crippen LogP) is 3.83. The molecule has 106 valence electrons. The topological polar surface area (TPSA) is 29.5 Å². The molecule has 0 saturated carbocycles. The van der Waals surface area contributed by atoms with E-state index >= 15 is 0 Å². The third-order valence-corrected chi connectivity index (χ3v) is 5.18. The summed E-state index contributed by atoms with van der Waals surface area (Å²) in [7, 11) is 0. The monoisotopic (exact) mass is 288 g/mol. The van der Waals surface area contributed by atoms with Crippen LogP contribution in [0.5, 0.6) is 5.75 Å². The smallest absolute Gasteiger partial charge is 0.122 e. The molecule has 3 heteroatoms. The zero-order valence-corrected chi connectivity index (χ0v) is 12.8. The van der Waals surface area contributed by atoms with Gasteiger partial charge in [0.25, 0.3) is 0 Å². The molecule has 20 heavy (non-hydrogen) atoms. The molecule has 3 rings (SSSR count). The number of hydrogen-bond acceptors (Lipinski definition) is 3. The molecule has 1 unspecified atom stereocenters. The lowest BCUT2D eigenvalue weighted by Crippen LogP contribution is -2.20. The van der Waals surface area contributed by atoms with Gasteiger partial charge in [0.05, 0.1) is 12.2 Å². The van der Waals surface area contributed by atoms with Crippen LogP contribution in [0.1, 0.15) is 34.2 Å². The highest BCUT2D eigenvalue weighted by Crippen LogP contribution is 2.33. The first-order valence-electron chi connectivity index (χ1n) is 7.08. The van der Waals surface area contributed by atoms with Crippen LogP contribution in [0.3, 0.4) is 0 Å². The Kier molecular flexibility index (Phi) is 3.57. The molecule has 0 aliphatic carbocycles. The van der Waals surface area contributed by atoms with Crippen LogP contribution >= 0.6 is 11.3 Å². The lowest BCUT2D eigenvalue weighted by Gasteiger charge is -2.22. The van der Waals surface area contributed by atoms with Gasteiger partial charge in [-0.2, -0.15) is 0 Å². The second-order valence-electron chi connectivity index (χ2n) is 5.72. The van der Waals surface area contributed by atoms with E-state index in [0.29, 0.717) is 0 Å². The molecule has 1 N–H and O–H groups in total. The number of thiophene rings is 1. The van der Waals surface area contributed by atoms with E-state index in [4.69, 9.17) is 4.74 Å². The fourth-order valence-electron chi connectivity index (χ4n) is 2.63. The molecule has 2 heterocycles. The molecule has 1 atom stereocenters. The first kappa shape index (κ1) is 13.7. The fourth-order valence-corrected chi connectivity index (χ4v) is 3.57. The van der Waals surface area contributed by atoms with Crippen molar-refractivity contribution in [3.63, 3.8) is 0 Å². The van der Waals surface area contributed by atoms with Crippen molar-refractivity contribution < 1.29 is 9.84 Å². The molecule has 1 aromatic carbocycles. The maximum Gasteiger partial charge on any atom is 0.122 e. The first-order chi connectivity index (χ1) is 9.54. The summed E-state index contributed by atoms with van der Waals surface area (Å²) in [6.07, 6.45) is 2.63. The van der Waals surface area contributed by atoms with Crippen LogP contribution in [0.4, 0.5) is 0 Å². The Morgan fingerprint density at radius 2 is 2.15 bits per heavy atom. The fraction of sp³-hybridized carbons (Fsp3) is 0.412. The van der Waals surface area contributed by atoms with E-state index in [0.717, 1.165) is 36.5 Å². The standard InChI is InChI=1S/C17H20O2S/c1-12-3-6-16(20-12)17(2,18)9-7-13-4-5-15-14(11-13)8-10-19-15/h3-6,11,18H,7-10H2,1-2H3. The molecular weight excluding hydrogens is 268 g/mol. The van der Waals surface area contributed by atoms with Crippen molar-refractivity contribution in [1.82, 2.24) is 0 Å². The summed E-state index contributed by atoms with van der Waals surface area (Å²) in [5, 5.41) is 10.6. The molecular formula is C17H20O2S. The van der Waals surface area contributed by atoms with Gasteiger partial charge < -0.3 is 9.84 Å². The summed E-state index contributed by atoms with van der Waals surface area (Å²) >= 11 is 1.68. The zero-order valence-electron chi connectivity index (χ0n) is 12.0. The van der Waals surface area contributed by atoms with Gasteiger partial charge >= 0.3 is 0 Å². The number of fused-ring (bicyclic) bond motifs is 1. The minimum atomic E-state index is -0.742. The maximum absolute atomic E-state index is 10.6. The number of hydrogen-bond donors (Lipinski definition) is 1. The summed E-state index contributed by atoms with van der Waals surface area (Å²) in [4.78, 5) is 2.30. The molecule has 0 radical (unpaired) electrons. The largest absolute Gasteiger partial charge is 0.493 e. The summed E-state index contributed by atoms with van der Waals surface area (Å²) < 4.78 is 5.52. The third kappa shape index (κ3) is 2.74. The van der Waals surface area contributed by atoms with Gasteiger partial charge in [0.2, 0.25) is 0 Å². The molecule has 0 amide bonds. The molecule has 0 spiro atoms. The van der Waals surface area contributed by atoms with Gasteiger partial charge in [-0.3, -0.25) is 0 Å². The second kappa shape index (κ2) is 5.23. The van der Waals surface area contributed by atoms with Gasteiger partial charge in [-0.1, -0.05) is 12.1 Å². The quantitative estimate of drug-likeness (QED) is 0.926. The van der Waals surface area contributed by atoms with E-state index in [-0.39, 0.29) is 0 Å². The summed E-state index contributed by atoms with van der Waals surface area (Å²) in [6.45, 7) is 4.78. The van der Waals surface area contributed by atoms with Crippen LogP contribution in [-0.2, 0) is 18.4 Å². The number of aliphatic hydroxyl groups is 1. The van der Waals surface area contributed by atoms with Crippen molar-refractivity contribution in [2.75, 3.05) is 6.61 Å². The van der Waals surface area contributed by atoms with E-state index in [1.807, 2.05) is 13.0 Å². The van der Waals surface area contributed by atoms with E-state index in [9.17, 15) is 5.11 Å². The number of benzene rings is 1. The number of aryl methyl sites for hydroxylation is 2. The van der Waals surface area contributed by atoms with Crippen molar-refractivity contribution >= 4 is 11.3 Å².